The second kappa shape index (κ2) is 16.3. The van der Waals surface area contributed by atoms with Gasteiger partial charge in [-0.25, -0.2) is 4.79 Å². The fraction of sp³-hybridized carbons (Fsp3) is 0.424. The second-order valence-corrected chi connectivity index (χ2v) is 12.6. The summed E-state index contributed by atoms with van der Waals surface area (Å²) in [6.07, 6.45) is -2.21. The number of carboxylic acids is 1. The molecule has 2 atom stereocenters. The van der Waals surface area contributed by atoms with E-state index < -0.39 is 60.4 Å². The first-order valence-electron chi connectivity index (χ1n) is 16.1. The van der Waals surface area contributed by atoms with E-state index in [0.717, 1.165) is 18.4 Å². The van der Waals surface area contributed by atoms with Gasteiger partial charge in [-0.3, -0.25) is 14.4 Å². The Hall–Kier alpha value is -5.03. The monoisotopic (exact) mass is 733 g/mol. The average Bonchev–Trinajstić information content (AvgIpc) is 3.88. The van der Waals surface area contributed by atoms with Crippen molar-refractivity contribution >= 4 is 52.8 Å². The van der Waals surface area contributed by atoms with Crippen LogP contribution in [0.3, 0.4) is 0 Å². The largest absolute Gasteiger partial charge is 0.480 e. The van der Waals surface area contributed by atoms with Gasteiger partial charge >= 0.3 is 18.2 Å². The first kappa shape index (κ1) is 37.2. The number of carbonyl (C=O) groups excluding carboxylic acids is 3. The molecule has 18 heteroatoms. The van der Waals surface area contributed by atoms with Gasteiger partial charge in [-0.15, -0.1) is 0 Å². The molecule has 1 saturated carbocycles. The Morgan fingerprint density at radius 1 is 1.02 bits per heavy atom. The van der Waals surface area contributed by atoms with Gasteiger partial charge in [-0.05, 0) is 80.0 Å². The molecule has 2 fully saturated rings. The third-order valence-corrected chi connectivity index (χ3v) is 8.46. The lowest BCUT2D eigenvalue weighted by atomic mass is 10.0. The lowest BCUT2D eigenvalue weighted by Gasteiger charge is -2.22. The molecular formula is C33H35ClF3N7O7. The second-order valence-electron chi connectivity index (χ2n) is 12.2. The van der Waals surface area contributed by atoms with E-state index in [1.54, 1.807) is 12.1 Å². The highest BCUT2D eigenvalue weighted by Crippen LogP contribution is 2.48. The molecular weight excluding hydrogens is 699 g/mol. The summed E-state index contributed by atoms with van der Waals surface area (Å²) in [6, 6.07) is 10.7. The predicted molar refractivity (Wildman–Crippen MR) is 177 cm³/mol. The van der Waals surface area contributed by atoms with Gasteiger partial charge < -0.3 is 35.8 Å². The van der Waals surface area contributed by atoms with Gasteiger partial charge in [0, 0.05) is 35.8 Å². The molecule has 1 aromatic heterocycles. The number of halogens is 4. The number of Topliss-reactive ketones (excluding diaryl/α,β-unsaturated/α-hetero) is 1. The van der Waals surface area contributed by atoms with Crippen molar-refractivity contribution < 1.29 is 46.9 Å². The van der Waals surface area contributed by atoms with E-state index in [0.29, 0.717) is 36.8 Å². The number of benzene rings is 2. The molecule has 2 amide bonds. The Bertz CT molecular complexity index is 1720. The normalized spacial score (nSPS) is 17.1. The zero-order chi connectivity index (χ0) is 36.6. The van der Waals surface area contributed by atoms with Crippen LogP contribution in [0.15, 0.2) is 48.5 Å². The Balaban J connectivity index is 1.20. The highest BCUT2D eigenvalue weighted by atomic mass is 35.5. The molecule has 1 aliphatic heterocycles. The molecule has 14 nitrogen and oxygen atoms in total. The number of aromatic nitrogens is 3. The minimum Gasteiger partial charge on any atom is -0.480 e. The van der Waals surface area contributed by atoms with Crippen molar-refractivity contribution in [2.45, 2.75) is 56.3 Å². The van der Waals surface area contributed by atoms with E-state index in [2.05, 4.69) is 36.2 Å². The van der Waals surface area contributed by atoms with Crippen LogP contribution in [0.2, 0.25) is 5.02 Å². The standard InChI is InChI=1S/C33H35ClF3N7O7/c34-22-7-5-21(6-8-22)32(13-14-32)44-30-41-29(42-31(43-30)51-18-33(35,36)37)39-23-9-3-20(4-10-23)26(46)40-24(28(48)49)11-12-25(45)27(47)38-16-19-2-1-15-50-17-19/h3-10,19,24H,1-2,11-18H2,(H,38,47)(H,40,46)(H,48,49)(H2,39,41,42,43,44)/t19?,24-/m0/s1. The molecule has 5 N–H and O–H groups in total. The molecule has 0 radical (unpaired) electrons. The van der Waals surface area contributed by atoms with E-state index >= 15 is 0 Å². The molecule has 0 spiro atoms. The van der Waals surface area contributed by atoms with Crippen LogP contribution in [0.5, 0.6) is 6.01 Å². The topological polar surface area (TPSA) is 194 Å². The van der Waals surface area contributed by atoms with Crippen molar-refractivity contribution in [3.05, 3.63) is 64.7 Å². The van der Waals surface area contributed by atoms with Crippen LogP contribution in [0.25, 0.3) is 0 Å². The first-order valence-corrected chi connectivity index (χ1v) is 16.5. The molecule has 51 heavy (non-hydrogen) atoms. The molecule has 1 unspecified atom stereocenters. The van der Waals surface area contributed by atoms with E-state index in [1.165, 1.54) is 24.3 Å². The lowest BCUT2D eigenvalue weighted by Crippen LogP contribution is -2.42. The van der Waals surface area contributed by atoms with Crippen LogP contribution in [-0.2, 0) is 24.7 Å². The maximum Gasteiger partial charge on any atom is 0.422 e. The first-order chi connectivity index (χ1) is 24.3. The van der Waals surface area contributed by atoms with Gasteiger partial charge in [0.05, 0.1) is 12.1 Å². The van der Waals surface area contributed by atoms with Crippen molar-refractivity contribution in [1.29, 1.82) is 0 Å². The third kappa shape index (κ3) is 11.0. The van der Waals surface area contributed by atoms with E-state index in [9.17, 15) is 37.5 Å². The number of ether oxygens (including phenoxy) is 2. The van der Waals surface area contributed by atoms with Gasteiger partial charge in [0.2, 0.25) is 17.7 Å². The number of rotatable bonds is 16. The number of carboxylic acid groups (broad SMARTS) is 1. The molecule has 272 valence electrons. The van der Waals surface area contributed by atoms with Gasteiger partial charge in [0.1, 0.15) is 6.04 Å². The van der Waals surface area contributed by atoms with Gasteiger partial charge in [0.15, 0.2) is 6.61 Å². The Labute approximate surface area is 294 Å². The Morgan fingerprint density at radius 3 is 2.35 bits per heavy atom. The van der Waals surface area contributed by atoms with Crippen molar-refractivity contribution in [2.75, 3.05) is 37.0 Å². The fourth-order valence-electron chi connectivity index (χ4n) is 5.30. The molecule has 2 heterocycles. The number of aliphatic carboxylic acids is 1. The van der Waals surface area contributed by atoms with Crippen molar-refractivity contribution in [1.82, 2.24) is 25.6 Å². The maximum atomic E-state index is 12.9. The Morgan fingerprint density at radius 2 is 1.73 bits per heavy atom. The summed E-state index contributed by atoms with van der Waals surface area (Å²) in [6.45, 7) is -0.204. The summed E-state index contributed by atoms with van der Waals surface area (Å²) in [5.74, 6) is -3.86. The predicted octanol–water partition coefficient (Wildman–Crippen LogP) is 4.39. The van der Waals surface area contributed by atoms with E-state index in [1.807, 2.05) is 12.1 Å². The summed E-state index contributed by atoms with van der Waals surface area (Å²) in [5, 5.41) is 21.1. The van der Waals surface area contributed by atoms with Crippen LogP contribution in [0, 0.1) is 5.92 Å². The lowest BCUT2D eigenvalue weighted by molar-refractivity contribution is -0.154. The number of anilines is 3. The molecule has 3 aromatic rings. The summed E-state index contributed by atoms with van der Waals surface area (Å²) < 4.78 is 48.9. The quantitative estimate of drug-likeness (QED) is 0.131. The van der Waals surface area contributed by atoms with Gasteiger partial charge in [-0.1, -0.05) is 23.7 Å². The number of hydrogen-bond acceptors (Lipinski definition) is 11. The smallest absolute Gasteiger partial charge is 0.422 e. The zero-order valence-electron chi connectivity index (χ0n) is 27.1. The van der Waals surface area contributed by atoms with Crippen molar-refractivity contribution in [2.24, 2.45) is 5.92 Å². The van der Waals surface area contributed by atoms with Crippen LogP contribution < -0.4 is 26.0 Å². The molecule has 2 aromatic carbocycles. The maximum absolute atomic E-state index is 12.9. The highest BCUT2D eigenvalue weighted by molar-refractivity contribution is 6.36. The number of amides is 2. The number of nitrogens with zero attached hydrogens (tertiary/aromatic N) is 3. The van der Waals surface area contributed by atoms with Crippen LogP contribution in [0.4, 0.5) is 30.8 Å². The minimum atomic E-state index is -4.64. The van der Waals surface area contributed by atoms with Gasteiger partial charge in [0.25, 0.3) is 11.8 Å². The summed E-state index contributed by atoms with van der Waals surface area (Å²) in [7, 11) is 0. The van der Waals surface area contributed by atoms with Crippen LogP contribution >= 0.6 is 11.6 Å². The molecule has 1 saturated heterocycles. The minimum absolute atomic E-state index is 0.0392. The number of alkyl halides is 3. The number of carbonyl (C=O) groups is 4. The summed E-state index contributed by atoms with van der Waals surface area (Å²) in [5.41, 5.74) is 0.723. The fourth-order valence-corrected chi connectivity index (χ4v) is 5.42. The SMILES string of the molecule is O=C(CC[C@H](NC(=O)c1ccc(Nc2nc(NC3(c4ccc(Cl)cc4)CC3)nc(OCC(F)(F)F)n2)cc1)C(=O)O)C(=O)NCC1CCCOC1. The van der Waals surface area contributed by atoms with E-state index in [-0.39, 0.29) is 36.3 Å². The summed E-state index contributed by atoms with van der Waals surface area (Å²) in [4.78, 5) is 61.5. The molecule has 0 bridgehead atoms. The van der Waals surface area contributed by atoms with Crippen molar-refractivity contribution in [3.8, 4) is 6.01 Å². The average molecular weight is 734 g/mol. The number of hydrogen-bond donors (Lipinski definition) is 5. The number of ketones is 1. The highest BCUT2D eigenvalue weighted by Gasteiger charge is 2.45. The van der Waals surface area contributed by atoms with Crippen molar-refractivity contribution in [3.63, 3.8) is 0 Å². The molecule has 1 aliphatic carbocycles. The van der Waals surface area contributed by atoms with E-state index in [4.69, 9.17) is 21.1 Å². The van der Waals surface area contributed by atoms with Gasteiger partial charge in [-0.2, -0.15) is 28.1 Å². The zero-order valence-corrected chi connectivity index (χ0v) is 27.9. The van der Waals surface area contributed by atoms with Crippen LogP contribution in [0.1, 0.15) is 54.4 Å². The third-order valence-electron chi connectivity index (χ3n) is 8.20. The number of nitrogens with one attached hydrogen (secondary N) is 4. The Kier molecular flexibility index (Phi) is 11.9. The molecule has 5 rings (SSSR count). The van der Waals surface area contributed by atoms with Crippen LogP contribution in [-0.4, -0.2) is 82.2 Å². The summed E-state index contributed by atoms with van der Waals surface area (Å²) >= 11 is 6.01. The molecule has 2 aliphatic rings.